The van der Waals surface area contributed by atoms with Crippen LogP contribution in [0.3, 0.4) is 0 Å². The number of aromatic nitrogens is 1. The van der Waals surface area contributed by atoms with Crippen molar-refractivity contribution in [2.24, 2.45) is 0 Å². The Labute approximate surface area is 160 Å². The molecule has 3 aromatic rings. The number of carbonyl (C=O) groups is 1. The Balaban J connectivity index is 1.47. The number of methoxy groups -OCH3 is 1. The number of ether oxygens (including phenoxy) is 3. The Morgan fingerprint density at radius 1 is 1.26 bits per heavy atom. The lowest BCUT2D eigenvalue weighted by atomic mass is 10.0. The predicted octanol–water partition coefficient (Wildman–Crippen LogP) is 3.96. The molecule has 1 unspecified atom stereocenters. The standard InChI is InChI=1S/C20H16ClNO5/c1-24-13-3-5-17-18(8-13)27-20(10-25-17)16(23)7-12-2-4-14(15(21)6-12)19-9-22-11-26-19/h2-6,8-9,11,20H,7,10H2,1H3. The number of Topliss-reactive ketones (excluding diaryl/α,β-unsaturated/α-hetero) is 1. The van der Waals surface area contributed by atoms with E-state index in [2.05, 4.69) is 4.98 Å². The van der Waals surface area contributed by atoms with Gasteiger partial charge in [-0.15, -0.1) is 0 Å². The van der Waals surface area contributed by atoms with E-state index in [1.54, 1.807) is 37.6 Å². The zero-order chi connectivity index (χ0) is 18.8. The van der Waals surface area contributed by atoms with Crippen LogP contribution in [0.1, 0.15) is 5.56 Å². The first-order chi connectivity index (χ1) is 13.1. The van der Waals surface area contributed by atoms with Crippen molar-refractivity contribution in [3.8, 4) is 28.6 Å². The van der Waals surface area contributed by atoms with E-state index in [9.17, 15) is 4.79 Å². The second-order valence-electron chi connectivity index (χ2n) is 6.05. The SMILES string of the molecule is COc1ccc2c(c1)OC(C(=O)Cc1ccc(-c3cnco3)c(Cl)c1)CO2. The second-order valence-corrected chi connectivity index (χ2v) is 6.46. The van der Waals surface area contributed by atoms with Crippen molar-refractivity contribution in [1.82, 2.24) is 4.98 Å². The van der Waals surface area contributed by atoms with Crippen LogP contribution in [-0.2, 0) is 11.2 Å². The zero-order valence-electron chi connectivity index (χ0n) is 14.5. The maximum absolute atomic E-state index is 12.6. The van der Waals surface area contributed by atoms with Crippen LogP contribution in [0, 0.1) is 0 Å². The van der Waals surface area contributed by atoms with Crippen molar-refractivity contribution < 1.29 is 23.4 Å². The van der Waals surface area contributed by atoms with Gasteiger partial charge in [0.2, 0.25) is 0 Å². The molecule has 7 heteroatoms. The fourth-order valence-electron chi connectivity index (χ4n) is 2.87. The summed E-state index contributed by atoms with van der Waals surface area (Å²) in [5.41, 5.74) is 1.51. The van der Waals surface area contributed by atoms with Crippen LogP contribution < -0.4 is 14.2 Å². The molecule has 2 heterocycles. The Kier molecular flexibility index (Phi) is 4.73. The molecular formula is C20H16ClNO5. The van der Waals surface area contributed by atoms with Crippen LogP contribution in [0.4, 0.5) is 0 Å². The molecule has 0 spiro atoms. The third-order valence-electron chi connectivity index (χ3n) is 4.28. The fourth-order valence-corrected chi connectivity index (χ4v) is 3.17. The maximum atomic E-state index is 12.6. The highest BCUT2D eigenvalue weighted by Gasteiger charge is 2.28. The first kappa shape index (κ1) is 17.4. The number of fused-ring (bicyclic) bond motifs is 1. The number of hydrogen-bond acceptors (Lipinski definition) is 6. The summed E-state index contributed by atoms with van der Waals surface area (Å²) in [4.78, 5) is 16.5. The molecule has 0 N–H and O–H groups in total. The number of rotatable bonds is 5. The van der Waals surface area contributed by atoms with Gasteiger partial charge in [-0.1, -0.05) is 17.7 Å². The van der Waals surface area contributed by atoms with Crippen LogP contribution in [-0.4, -0.2) is 30.6 Å². The van der Waals surface area contributed by atoms with Crippen LogP contribution in [0.15, 0.2) is 53.4 Å². The fraction of sp³-hybridized carbons (Fsp3) is 0.200. The van der Waals surface area contributed by atoms with Crippen molar-refractivity contribution >= 4 is 17.4 Å². The third kappa shape index (κ3) is 3.61. The molecule has 0 saturated heterocycles. The topological polar surface area (TPSA) is 70.8 Å². The highest BCUT2D eigenvalue weighted by Crippen LogP contribution is 2.35. The Morgan fingerprint density at radius 3 is 2.89 bits per heavy atom. The first-order valence-corrected chi connectivity index (χ1v) is 8.69. The third-order valence-corrected chi connectivity index (χ3v) is 4.59. The van der Waals surface area contributed by atoms with Gasteiger partial charge in [0.25, 0.3) is 0 Å². The molecule has 2 aromatic carbocycles. The van der Waals surface area contributed by atoms with E-state index < -0.39 is 6.10 Å². The normalized spacial score (nSPS) is 15.4. The Hall–Kier alpha value is -2.99. The van der Waals surface area contributed by atoms with Gasteiger partial charge >= 0.3 is 0 Å². The number of ketones is 1. The lowest BCUT2D eigenvalue weighted by molar-refractivity contribution is -0.127. The largest absolute Gasteiger partial charge is 0.497 e. The van der Waals surface area contributed by atoms with Crippen LogP contribution >= 0.6 is 11.6 Å². The van der Waals surface area contributed by atoms with E-state index in [1.807, 2.05) is 12.1 Å². The molecule has 1 aromatic heterocycles. The number of carbonyl (C=O) groups excluding carboxylic acids is 1. The Morgan fingerprint density at radius 2 is 2.15 bits per heavy atom. The minimum atomic E-state index is -0.683. The lowest BCUT2D eigenvalue weighted by Gasteiger charge is -2.26. The summed E-state index contributed by atoms with van der Waals surface area (Å²) in [6.07, 6.45) is 2.43. The van der Waals surface area contributed by atoms with E-state index in [4.69, 9.17) is 30.2 Å². The summed E-state index contributed by atoms with van der Waals surface area (Å²) >= 11 is 6.32. The lowest BCUT2D eigenvalue weighted by Crippen LogP contribution is -2.37. The van der Waals surface area contributed by atoms with E-state index >= 15 is 0 Å². The van der Waals surface area contributed by atoms with Gasteiger partial charge in [0, 0.05) is 18.1 Å². The number of hydrogen-bond donors (Lipinski definition) is 0. The quantitative estimate of drug-likeness (QED) is 0.662. The minimum Gasteiger partial charge on any atom is -0.497 e. The molecule has 0 bridgehead atoms. The smallest absolute Gasteiger partial charge is 0.191 e. The van der Waals surface area contributed by atoms with E-state index in [0.29, 0.717) is 28.0 Å². The summed E-state index contributed by atoms with van der Waals surface area (Å²) in [7, 11) is 1.57. The summed E-state index contributed by atoms with van der Waals surface area (Å²) < 4.78 is 21.9. The monoisotopic (exact) mass is 385 g/mol. The van der Waals surface area contributed by atoms with Crippen LogP contribution in [0.2, 0.25) is 5.02 Å². The molecule has 0 aliphatic carbocycles. The molecule has 27 heavy (non-hydrogen) atoms. The van der Waals surface area contributed by atoms with Crippen molar-refractivity contribution in [2.75, 3.05) is 13.7 Å². The summed E-state index contributed by atoms with van der Waals surface area (Å²) in [5, 5.41) is 0.493. The van der Waals surface area contributed by atoms with Crippen LogP contribution in [0.5, 0.6) is 17.2 Å². The van der Waals surface area contributed by atoms with Gasteiger partial charge in [-0.05, 0) is 29.8 Å². The van der Waals surface area contributed by atoms with Gasteiger partial charge < -0.3 is 18.6 Å². The van der Waals surface area contributed by atoms with Gasteiger partial charge in [0.1, 0.15) is 12.4 Å². The van der Waals surface area contributed by atoms with Gasteiger partial charge in [0.15, 0.2) is 35.5 Å². The minimum absolute atomic E-state index is 0.0908. The van der Waals surface area contributed by atoms with E-state index in [-0.39, 0.29) is 18.8 Å². The predicted molar refractivity (Wildman–Crippen MR) is 98.6 cm³/mol. The molecule has 0 amide bonds. The van der Waals surface area contributed by atoms with Gasteiger partial charge in [-0.2, -0.15) is 0 Å². The number of nitrogens with zero attached hydrogens (tertiary/aromatic N) is 1. The van der Waals surface area contributed by atoms with Crippen molar-refractivity contribution in [3.63, 3.8) is 0 Å². The number of oxazole rings is 1. The highest BCUT2D eigenvalue weighted by molar-refractivity contribution is 6.33. The average molecular weight is 386 g/mol. The molecule has 0 saturated carbocycles. The molecule has 1 atom stereocenters. The van der Waals surface area contributed by atoms with Crippen LogP contribution in [0.25, 0.3) is 11.3 Å². The molecule has 138 valence electrons. The molecule has 1 aliphatic rings. The first-order valence-electron chi connectivity index (χ1n) is 8.31. The molecule has 6 nitrogen and oxygen atoms in total. The molecule has 1 aliphatic heterocycles. The molecule has 0 fully saturated rings. The van der Waals surface area contributed by atoms with Gasteiger partial charge in [-0.25, -0.2) is 4.98 Å². The van der Waals surface area contributed by atoms with Crippen molar-refractivity contribution in [2.45, 2.75) is 12.5 Å². The summed E-state index contributed by atoms with van der Waals surface area (Å²) in [6.45, 7) is 0.169. The van der Waals surface area contributed by atoms with E-state index in [1.165, 1.54) is 6.39 Å². The molecular weight excluding hydrogens is 370 g/mol. The van der Waals surface area contributed by atoms with Gasteiger partial charge in [-0.3, -0.25) is 4.79 Å². The van der Waals surface area contributed by atoms with Gasteiger partial charge in [0.05, 0.1) is 18.3 Å². The van der Waals surface area contributed by atoms with Crippen molar-refractivity contribution in [1.29, 1.82) is 0 Å². The average Bonchev–Trinajstić information content (AvgIpc) is 3.21. The summed E-state index contributed by atoms with van der Waals surface area (Å²) in [5.74, 6) is 2.22. The molecule has 0 radical (unpaired) electrons. The Bertz CT molecular complexity index is 971. The molecule has 4 rings (SSSR count). The summed E-state index contributed by atoms with van der Waals surface area (Å²) in [6, 6.07) is 10.6. The maximum Gasteiger partial charge on any atom is 0.191 e. The van der Waals surface area contributed by atoms with Crippen molar-refractivity contribution in [3.05, 3.63) is 59.6 Å². The highest BCUT2D eigenvalue weighted by atomic mass is 35.5. The van der Waals surface area contributed by atoms with E-state index in [0.717, 1.165) is 11.1 Å². The number of benzene rings is 2. The second kappa shape index (κ2) is 7.32. The number of halogens is 1. The zero-order valence-corrected chi connectivity index (χ0v) is 15.2.